The van der Waals surface area contributed by atoms with Gasteiger partial charge in [-0.05, 0) is 30.7 Å². The van der Waals surface area contributed by atoms with E-state index in [0.29, 0.717) is 17.3 Å². The molecule has 1 aromatic carbocycles. The maximum absolute atomic E-state index is 12.2. The van der Waals surface area contributed by atoms with E-state index in [2.05, 4.69) is 22.6 Å². The van der Waals surface area contributed by atoms with Gasteiger partial charge in [0.2, 0.25) is 0 Å². The van der Waals surface area contributed by atoms with Gasteiger partial charge in [-0.1, -0.05) is 30.2 Å². The molecule has 0 spiro atoms. The summed E-state index contributed by atoms with van der Waals surface area (Å²) in [4.78, 5) is 12.2. The normalized spacial score (nSPS) is 10.7. The summed E-state index contributed by atoms with van der Waals surface area (Å²) >= 11 is 5.89. The number of nitrogens with one attached hydrogen (secondary N) is 1. The van der Waals surface area contributed by atoms with Crippen LogP contribution < -0.4 is 5.32 Å². The lowest BCUT2D eigenvalue weighted by atomic mass is 10.2. The average Bonchev–Trinajstić information content (AvgIpc) is 2.92. The Hall–Kier alpha value is -1.92. The number of aromatic nitrogens is 3. The Morgan fingerprint density at radius 2 is 2.09 bits per heavy atom. The molecular weight excluding hydrogens is 304 g/mol. The zero-order chi connectivity index (χ0) is 15.9. The largest absolute Gasteiger partial charge is 0.378 e. The van der Waals surface area contributed by atoms with Crippen LogP contribution in [0, 0.1) is 0 Å². The lowest BCUT2D eigenvalue weighted by Crippen LogP contribution is -2.26. The van der Waals surface area contributed by atoms with Crippen LogP contribution in [0.25, 0.3) is 5.69 Å². The Labute approximate surface area is 134 Å². The van der Waals surface area contributed by atoms with E-state index in [9.17, 15) is 4.79 Å². The molecule has 0 aliphatic rings. The van der Waals surface area contributed by atoms with Crippen molar-refractivity contribution in [2.75, 3.05) is 13.7 Å². The molecule has 1 aromatic heterocycles. The van der Waals surface area contributed by atoms with Gasteiger partial charge < -0.3 is 10.1 Å². The molecule has 0 saturated carbocycles. The molecule has 0 aliphatic heterocycles. The standard InChI is InChI=1S/C15H19ClN4O2/c1-3-4-9-17-15(21)14-13(10-22-2)20(19-18-14)12-7-5-11(16)6-8-12/h5-8H,3-4,9-10H2,1-2H3,(H,17,21). The molecule has 0 aliphatic carbocycles. The molecule has 118 valence electrons. The maximum Gasteiger partial charge on any atom is 0.273 e. The maximum atomic E-state index is 12.2. The number of unbranched alkanes of at least 4 members (excludes halogenated alkanes) is 1. The van der Waals surface area contributed by atoms with E-state index in [4.69, 9.17) is 16.3 Å². The third-order valence-corrected chi connectivity index (χ3v) is 3.40. The fourth-order valence-electron chi connectivity index (χ4n) is 2.00. The van der Waals surface area contributed by atoms with Crippen molar-refractivity contribution in [2.45, 2.75) is 26.4 Å². The molecule has 1 amide bonds. The van der Waals surface area contributed by atoms with Gasteiger partial charge in [0.25, 0.3) is 5.91 Å². The number of amides is 1. The van der Waals surface area contributed by atoms with Crippen molar-refractivity contribution in [3.05, 3.63) is 40.7 Å². The van der Waals surface area contributed by atoms with Crippen LogP contribution in [0.3, 0.4) is 0 Å². The smallest absolute Gasteiger partial charge is 0.273 e. The van der Waals surface area contributed by atoms with Crippen molar-refractivity contribution in [3.63, 3.8) is 0 Å². The van der Waals surface area contributed by atoms with Gasteiger partial charge in [0, 0.05) is 18.7 Å². The summed E-state index contributed by atoms with van der Waals surface area (Å²) in [5.41, 5.74) is 1.67. The summed E-state index contributed by atoms with van der Waals surface area (Å²) in [7, 11) is 1.57. The highest BCUT2D eigenvalue weighted by Crippen LogP contribution is 2.17. The third-order valence-electron chi connectivity index (χ3n) is 3.15. The number of hydrogen-bond donors (Lipinski definition) is 1. The topological polar surface area (TPSA) is 69.0 Å². The number of rotatable bonds is 7. The molecule has 7 heteroatoms. The first-order valence-corrected chi connectivity index (χ1v) is 7.52. The average molecular weight is 323 g/mol. The van der Waals surface area contributed by atoms with Crippen molar-refractivity contribution in [1.29, 1.82) is 0 Å². The fraction of sp³-hybridized carbons (Fsp3) is 0.400. The molecular formula is C15H19ClN4O2. The molecule has 0 atom stereocenters. The van der Waals surface area contributed by atoms with Crippen LogP contribution in [0.1, 0.15) is 35.9 Å². The van der Waals surface area contributed by atoms with E-state index in [1.165, 1.54) is 0 Å². The predicted molar refractivity (Wildman–Crippen MR) is 84.3 cm³/mol. The van der Waals surface area contributed by atoms with Gasteiger partial charge in [-0.3, -0.25) is 4.79 Å². The third kappa shape index (κ3) is 3.84. The Bertz CT molecular complexity index is 625. The minimum Gasteiger partial charge on any atom is -0.378 e. The van der Waals surface area contributed by atoms with Crippen LogP contribution in [-0.2, 0) is 11.3 Å². The van der Waals surface area contributed by atoms with E-state index >= 15 is 0 Å². The van der Waals surface area contributed by atoms with Crippen molar-refractivity contribution >= 4 is 17.5 Å². The van der Waals surface area contributed by atoms with E-state index in [-0.39, 0.29) is 18.2 Å². The lowest BCUT2D eigenvalue weighted by Gasteiger charge is -2.07. The Morgan fingerprint density at radius 3 is 2.73 bits per heavy atom. The second-order valence-electron chi connectivity index (χ2n) is 4.82. The molecule has 0 unspecified atom stereocenters. The van der Waals surface area contributed by atoms with Crippen molar-refractivity contribution in [1.82, 2.24) is 20.3 Å². The van der Waals surface area contributed by atoms with Gasteiger partial charge in [-0.25, -0.2) is 4.68 Å². The molecule has 0 fully saturated rings. The van der Waals surface area contributed by atoms with Crippen LogP contribution in [0.15, 0.2) is 24.3 Å². The summed E-state index contributed by atoms with van der Waals surface area (Å²) < 4.78 is 6.77. The van der Waals surface area contributed by atoms with Crippen molar-refractivity contribution < 1.29 is 9.53 Å². The second kappa shape index (κ2) is 7.91. The highest BCUT2D eigenvalue weighted by Gasteiger charge is 2.20. The first-order valence-electron chi connectivity index (χ1n) is 7.15. The number of methoxy groups -OCH3 is 1. The summed E-state index contributed by atoms with van der Waals surface area (Å²) in [5.74, 6) is -0.235. The first-order chi connectivity index (χ1) is 10.7. The number of carbonyl (C=O) groups excluding carboxylic acids is 1. The highest BCUT2D eigenvalue weighted by molar-refractivity contribution is 6.30. The lowest BCUT2D eigenvalue weighted by molar-refractivity contribution is 0.0942. The molecule has 0 saturated heterocycles. The van der Waals surface area contributed by atoms with Gasteiger partial charge in [-0.2, -0.15) is 0 Å². The number of ether oxygens (including phenoxy) is 1. The SMILES string of the molecule is CCCCNC(=O)c1nnn(-c2ccc(Cl)cc2)c1COC. The highest BCUT2D eigenvalue weighted by atomic mass is 35.5. The Kier molecular flexibility index (Phi) is 5.91. The second-order valence-corrected chi connectivity index (χ2v) is 5.25. The Morgan fingerprint density at radius 1 is 1.36 bits per heavy atom. The van der Waals surface area contributed by atoms with E-state index in [1.807, 2.05) is 12.1 Å². The summed E-state index contributed by atoms with van der Waals surface area (Å²) in [5, 5.41) is 11.5. The van der Waals surface area contributed by atoms with Gasteiger partial charge in [0.15, 0.2) is 5.69 Å². The molecule has 2 aromatic rings. The van der Waals surface area contributed by atoms with Crippen LogP contribution in [-0.4, -0.2) is 34.6 Å². The molecule has 2 rings (SSSR count). The van der Waals surface area contributed by atoms with E-state index < -0.39 is 0 Å². The zero-order valence-corrected chi connectivity index (χ0v) is 13.4. The summed E-state index contributed by atoms with van der Waals surface area (Å²) in [6.45, 7) is 2.93. The van der Waals surface area contributed by atoms with Gasteiger partial charge in [0.1, 0.15) is 5.69 Å². The number of carbonyl (C=O) groups is 1. The minimum absolute atomic E-state index is 0.235. The van der Waals surface area contributed by atoms with Gasteiger partial charge >= 0.3 is 0 Å². The fourth-order valence-corrected chi connectivity index (χ4v) is 2.12. The van der Waals surface area contributed by atoms with E-state index in [0.717, 1.165) is 18.5 Å². The molecule has 22 heavy (non-hydrogen) atoms. The zero-order valence-electron chi connectivity index (χ0n) is 12.7. The number of benzene rings is 1. The summed E-state index contributed by atoms with van der Waals surface area (Å²) in [6.07, 6.45) is 1.94. The van der Waals surface area contributed by atoms with Crippen LogP contribution in [0.5, 0.6) is 0 Å². The predicted octanol–water partition coefficient (Wildman–Crippen LogP) is 2.60. The molecule has 1 heterocycles. The Balaban J connectivity index is 2.28. The molecule has 6 nitrogen and oxygen atoms in total. The van der Waals surface area contributed by atoms with E-state index in [1.54, 1.807) is 23.9 Å². The minimum atomic E-state index is -0.235. The van der Waals surface area contributed by atoms with Crippen LogP contribution in [0.2, 0.25) is 5.02 Å². The molecule has 1 N–H and O–H groups in total. The van der Waals surface area contributed by atoms with Crippen molar-refractivity contribution in [3.8, 4) is 5.69 Å². The molecule has 0 bridgehead atoms. The number of nitrogens with zero attached hydrogens (tertiary/aromatic N) is 3. The van der Waals surface area contributed by atoms with Gasteiger partial charge in [0.05, 0.1) is 12.3 Å². The molecule has 0 radical (unpaired) electrons. The number of hydrogen-bond acceptors (Lipinski definition) is 4. The van der Waals surface area contributed by atoms with Crippen molar-refractivity contribution in [2.24, 2.45) is 0 Å². The first kappa shape index (κ1) is 16.5. The van der Waals surface area contributed by atoms with Crippen LogP contribution in [0.4, 0.5) is 0 Å². The number of halogens is 1. The monoisotopic (exact) mass is 322 g/mol. The van der Waals surface area contributed by atoms with Gasteiger partial charge in [-0.15, -0.1) is 5.10 Å². The quantitative estimate of drug-likeness (QED) is 0.795. The summed E-state index contributed by atoms with van der Waals surface area (Å²) in [6, 6.07) is 7.15. The van der Waals surface area contributed by atoms with Crippen LogP contribution >= 0.6 is 11.6 Å².